The number of rotatable bonds is 3. The predicted molar refractivity (Wildman–Crippen MR) is 94.4 cm³/mol. The number of benzene rings is 2. The smallest absolute Gasteiger partial charge is 0.263 e. The Labute approximate surface area is 149 Å². The normalized spacial score (nSPS) is 21.7. The van der Waals surface area contributed by atoms with Crippen molar-refractivity contribution in [2.24, 2.45) is 10.3 Å². The lowest BCUT2D eigenvalue weighted by Gasteiger charge is -2.21. The molecule has 0 unspecified atom stereocenters. The number of aryl methyl sites for hydroxylation is 2. The van der Waals surface area contributed by atoms with Crippen molar-refractivity contribution in [2.75, 3.05) is 9.91 Å². The van der Waals surface area contributed by atoms with E-state index in [-0.39, 0.29) is 0 Å². The third-order valence-electron chi connectivity index (χ3n) is 4.80. The van der Waals surface area contributed by atoms with Crippen molar-refractivity contribution in [3.05, 3.63) is 59.4 Å². The first kappa shape index (κ1) is 16.4. The first-order valence-corrected chi connectivity index (χ1v) is 8.44. The summed E-state index contributed by atoms with van der Waals surface area (Å²) in [6.07, 6.45) is 0.869. The Morgan fingerprint density at radius 2 is 1.73 bits per heavy atom. The first-order valence-electron chi connectivity index (χ1n) is 8.44. The van der Waals surface area contributed by atoms with E-state index in [2.05, 4.69) is 10.3 Å². The summed E-state index contributed by atoms with van der Waals surface area (Å²) in [5.41, 5.74) is 2.52. The van der Waals surface area contributed by atoms with Gasteiger partial charge in [-0.25, -0.2) is 14.3 Å². The standard InChI is InChI=1S/C19H17FN4O2/c1-3-12-5-8-13(9-6-12)23-18(25)16-17(19(23)26)24(22-21-16)14-7-4-11(2)15(20)10-14/h4-10,16-17H,3H2,1-2H3/t16-,17-/m1/s1. The molecule has 6 nitrogen and oxygen atoms in total. The molecule has 2 atom stereocenters. The van der Waals surface area contributed by atoms with Gasteiger partial charge in [0.25, 0.3) is 11.8 Å². The van der Waals surface area contributed by atoms with Crippen molar-refractivity contribution >= 4 is 23.2 Å². The molecule has 2 heterocycles. The summed E-state index contributed by atoms with van der Waals surface area (Å²) in [5.74, 6) is -1.22. The molecule has 0 N–H and O–H groups in total. The quantitative estimate of drug-likeness (QED) is 0.797. The topological polar surface area (TPSA) is 65.3 Å². The SMILES string of the molecule is CCc1ccc(N2C(=O)[C@@H]3N=NN(c4ccc(C)c(F)c4)[C@H]3C2=O)cc1. The summed E-state index contributed by atoms with van der Waals surface area (Å²) in [6.45, 7) is 3.68. The summed E-state index contributed by atoms with van der Waals surface area (Å²) in [4.78, 5) is 26.8. The number of amides is 2. The molecule has 132 valence electrons. The Kier molecular flexibility index (Phi) is 3.79. The number of anilines is 2. The fraction of sp³-hybridized carbons (Fsp3) is 0.263. The Morgan fingerprint density at radius 1 is 1.04 bits per heavy atom. The lowest BCUT2D eigenvalue weighted by Crippen LogP contribution is -2.40. The highest BCUT2D eigenvalue weighted by Gasteiger charge is 2.55. The van der Waals surface area contributed by atoms with E-state index in [1.54, 1.807) is 31.2 Å². The molecule has 0 aliphatic carbocycles. The van der Waals surface area contributed by atoms with Gasteiger partial charge in [-0.05, 0) is 48.7 Å². The molecule has 2 amide bonds. The van der Waals surface area contributed by atoms with E-state index in [9.17, 15) is 14.0 Å². The fourth-order valence-electron chi connectivity index (χ4n) is 3.23. The van der Waals surface area contributed by atoms with E-state index >= 15 is 0 Å². The molecule has 7 heteroatoms. The Hall–Kier alpha value is -3.09. The molecule has 0 spiro atoms. The van der Waals surface area contributed by atoms with Crippen molar-refractivity contribution in [1.82, 2.24) is 0 Å². The van der Waals surface area contributed by atoms with E-state index in [4.69, 9.17) is 0 Å². The van der Waals surface area contributed by atoms with E-state index in [0.717, 1.165) is 16.9 Å². The van der Waals surface area contributed by atoms with Gasteiger partial charge in [0.15, 0.2) is 12.1 Å². The number of carbonyl (C=O) groups is 2. The predicted octanol–water partition coefficient (Wildman–Crippen LogP) is 3.19. The van der Waals surface area contributed by atoms with Gasteiger partial charge in [0, 0.05) is 0 Å². The van der Waals surface area contributed by atoms with Crippen LogP contribution >= 0.6 is 0 Å². The summed E-state index contributed by atoms with van der Waals surface area (Å²) in [5, 5.41) is 9.23. The van der Waals surface area contributed by atoms with Crippen LogP contribution in [0.1, 0.15) is 18.1 Å². The largest absolute Gasteiger partial charge is 0.271 e. The molecule has 0 bridgehead atoms. The molecule has 0 saturated carbocycles. The summed E-state index contributed by atoms with van der Waals surface area (Å²) < 4.78 is 13.9. The Morgan fingerprint density at radius 3 is 2.38 bits per heavy atom. The maximum Gasteiger partial charge on any atom is 0.263 e. The molecular weight excluding hydrogens is 335 g/mol. The van der Waals surface area contributed by atoms with Crippen molar-refractivity contribution < 1.29 is 14.0 Å². The van der Waals surface area contributed by atoms with Crippen LogP contribution in [0.5, 0.6) is 0 Å². The summed E-state index contributed by atoms with van der Waals surface area (Å²) >= 11 is 0. The zero-order valence-corrected chi connectivity index (χ0v) is 14.4. The van der Waals surface area contributed by atoms with Gasteiger partial charge in [-0.3, -0.25) is 9.59 Å². The Balaban J connectivity index is 1.67. The molecule has 4 rings (SSSR count). The van der Waals surface area contributed by atoms with Crippen molar-refractivity contribution in [3.8, 4) is 0 Å². The highest BCUT2D eigenvalue weighted by Crippen LogP contribution is 2.35. The van der Waals surface area contributed by atoms with Crippen molar-refractivity contribution in [1.29, 1.82) is 0 Å². The van der Waals surface area contributed by atoms with Crippen LogP contribution in [-0.4, -0.2) is 23.9 Å². The number of nitrogens with zero attached hydrogens (tertiary/aromatic N) is 4. The maximum absolute atomic E-state index is 13.9. The first-order chi connectivity index (χ1) is 12.5. The van der Waals surface area contributed by atoms with Crippen LogP contribution < -0.4 is 9.91 Å². The van der Waals surface area contributed by atoms with Crippen LogP contribution in [0.4, 0.5) is 15.8 Å². The van der Waals surface area contributed by atoms with Gasteiger partial charge < -0.3 is 0 Å². The monoisotopic (exact) mass is 352 g/mol. The average molecular weight is 352 g/mol. The number of fused-ring (bicyclic) bond motifs is 1. The van der Waals surface area contributed by atoms with Crippen LogP contribution in [0.15, 0.2) is 52.8 Å². The van der Waals surface area contributed by atoms with Gasteiger partial charge in [0.2, 0.25) is 0 Å². The minimum Gasteiger partial charge on any atom is -0.271 e. The van der Waals surface area contributed by atoms with Gasteiger partial charge in [-0.2, -0.15) is 5.11 Å². The number of imide groups is 1. The molecule has 0 radical (unpaired) electrons. The molecule has 1 fully saturated rings. The molecule has 2 aromatic rings. The average Bonchev–Trinajstić information content (AvgIpc) is 3.18. The zero-order chi connectivity index (χ0) is 18.4. The van der Waals surface area contributed by atoms with E-state index in [0.29, 0.717) is 16.9 Å². The van der Waals surface area contributed by atoms with Gasteiger partial charge in [-0.1, -0.05) is 30.3 Å². The van der Waals surface area contributed by atoms with Crippen LogP contribution in [-0.2, 0) is 16.0 Å². The summed E-state index contributed by atoms with van der Waals surface area (Å²) in [7, 11) is 0. The second-order valence-corrected chi connectivity index (χ2v) is 6.40. The van der Waals surface area contributed by atoms with Gasteiger partial charge in [0.05, 0.1) is 11.4 Å². The maximum atomic E-state index is 13.9. The van der Waals surface area contributed by atoms with Crippen LogP contribution in [0.25, 0.3) is 0 Å². The zero-order valence-electron chi connectivity index (χ0n) is 14.4. The fourth-order valence-corrected chi connectivity index (χ4v) is 3.23. The third-order valence-corrected chi connectivity index (χ3v) is 4.80. The van der Waals surface area contributed by atoms with Crippen LogP contribution in [0.2, 0.25) is 0 Å². The summed E-state index contributed by atoms with van der Waals surface area (Å²) in [6, 6.07) is 10.1. The molecule has 2 aromatic carbocycles. The van der Waals surface area contributed by atoms with E-state index < -0.39 is 29.7 Å². The molecule has 2 aliphatic heterocycles. The molecule has 2 aliphatic rings. The van der Waals surface area contributed by atoms with Gasteiger partial charge in [0.1, 0.15) is 5.82 Å². The number of hydrogen-bond acceptors (Lipinski definition) is 5. The number of hydrogen-bond donors (Lipinski definition) is 0. The van der Waals surface area contributed by atoms with Gasteiger partial charge >= 0.3 is 0 Å². The molecule has 0 aromatic heterocycles. The minimum absolute atomic E-state index is 0.397. The van der Waals surface area contributed by atoms with Crippen LogP contribution in [0.3, 0.4) is 0 Å². The molecule has 26 heavy (non-hydrogen) atoms. The van der Waals surface area contributed by atoms with E-state index in [1.165, 1.54) is 11.1 Å². The highest BCUT2D eigenvalue weighted by atomic mass is 19.1. The van der Waals surface area contributed by atoms with Crippen LogP contribution in [0, 0.1) is 12.7 Å². The lowest BCUT2D eigenvalue weighted by molar-refractivity contribution is -0.121. The highest BCUT2D eigenvalue weighted by molar-refractivity contribution is 6.26. The van der Waals surface area contributed by atoms with Crippen molar-refractivity contribution in [2.45, 2.75) is 32.4 Å². The van der Waals surface area contributed by atoms with Gasteiger partial charge in [-0.15, -0.1) is 0 Å². The number of halogens is 1. The van der Waals surface area contributed by atoms with E-state index in [1.807, 2.05) is 19.1 Å². The number of carbonyl (C=O) groups excluding carboxylic acids is 2. The van der Waals surface area contributed by atoms with Crippen molar-refractivity contribution in [3.63, 3.8) is 0 Å². The second-order valence-electron chi connectivity index (χ2n) is 6.40. The third kappa shape index (κ3) is 2.39. The Bertz CT molecular complexity index is 926. The molecular formula is C19H17FN4O2. The minimum atomic E-state index is -0.905. The lowest BCUT2D eigenvalue weighted by atomic mass is 10.1. The molecule has 1 saturated heterocycles. The second kappa shape index (κ2) is 6.01.